The van der Waals surface area contributed by atoms with Crippen LogP contribution in [0.1, 0.15) is 25.5 Å². The van der Waals surface area contributed by atoms with Gasteiger partial charge in [0.25, 0.3) is 0 Å². The molecule has 0 spiro atoms. The first-order chi connectivity index (χ1) is 13.6. The largest absolute Gasteiger partial charge is 0.481 e. The SMILES string of the molecule is C[C@H](NC(=O)[C@H](Cc1cnc[nH]1)NC(=O)[C@H](CCC(=O)O)NC(=O)CN)C(=O)O. The Kier molecular flexibility index (Phi) is 9.25. The molecule has 0 bridgehead atoms. The first-order valence-electron chi connectivity index (χ1n) is 8.66. The molecule has 160 valence electrons. The lowest BCUT2D eigenvalue weighted by molar-refractivity contribution is -0.141. The van der Waals surface area contributed by atoms with Crippen LogP contribution in [-0.4, -0.2) is 74.5 Å². The number of carbonyl (C=O) groups excluding carboxylic acids is 3. The summed E-state index contributed by atoms with van der Waals surface area (Å²) < 4.78 is 0. The molecule has 8 N–H and O–H groups in total. The molecule has 29 heavy (non-hydrogen) atoms. The average Bonchev–Trinajstić information content (AvgIpc) is 3.16. The molecule has 0 unspecified atom stereocenters. The average molecular weight is 412 g/mol. The number of nitrogens with zero attached hydrogens (tertiary/aromatic N) is 1. The molecule has 0 saturated carbocycles. The van der Waals surface area contributed by atoms with Gasteiger partial charge in [0, 0.05) is 24.7 Å². The predicted molar refractivity (Wildman–Crippen MR) is 97.3 cm³/mol. The van der Waals surface area contributed by atoms with E-state index in [1.807, 2.05) is 0 Å². The lowest BCUT2D eigenvalue weighted by Gasteiger charge is -2.23. The van der Waals surface area contributed by atoms with Crippen molar-refractivity contribution in [3.8, 4) is 0 Å². The van der Waals surface area contributed by atoms with Gasteiger partial charge in [-0.2, -0.15) is 0 Å². The van der Waals surface area contributed by atoms with Crippen molar-refractivity contribution in [3.05, 3.63) is 18.2 Å². The number of imidazole rings is 1. The number of aliphatic carboxylic acids is 2. The van der Waals surface area contributed by atoms with Gasteiger partial charge in [0.05, 0.1) is 12.9 Å². The van der Waals surface area contributed by atoms with Crippen molar-refractivity contribution in [2.75, 3.05) is 6.54 Å². The quantitative estimate of drug-likeness (QED) is 0.190. The van der Waals surface area contributed by atoms with Gasteiger partial charge in [0.1, 0.15) is 18.1 Å². The zero-order valence-corrected chi connectivity index (χ0v) is 15.7. The molecule has 0 fully saturated rings. The number of nitrogens with one attached hydrogen (secondary N) is 4. The third-order valence-electron chi connectivity index (χ3n) is 3.83. The molecule has 3 atom stereocenters. The summed E-state index contributed by atoms with van der Waals surface area (Å²) in [7, 11) is 0. The Balaban J connectivity index is 2.95. The highest BCUT2D eigenvalue weighted by Crippen LogP contribution is 2.04. The van der Waals surface area contributed by atoms with Gasteiger partial charge in [-0.15, -0.1) is 0 Å². The number of hydrogen-bond donors (Lipinski definition) is 7. The molecule has 0 aliphatic rings. The fourth-order valence-electron chi connectivity index (χ4n) is 2.26. The van der Waals surface area contributed by atoms with Crippen molar-refractivity contribution in [2.45, 2.75) is 44.3 Å². The Morgan fingerprint density at radius 3 is 2.28 bits per heavy atom. The molecule has 0 saturated heterocycles. The number of nitrogens with two attached hydrogens (primary N) is 1. The zero-order valence-electron chi connectivity index (χ0n) is 15.7. The molecule has 0 radical (unpaired) electrons. The van der Waals surface area contributed by atoms with Crippen LogP contribution in [0.2, 0.25) is 0 Å². The van der Waals surface area contributed by atoms with Gasteiger partial charge < -0.3 is 36.9 Å². The monoisotopic (exact) mass is 412 g/mol. The normalized spacial score (nSPS) is 13.6. The minimum Gasteiger partial charge on any atom is -0.481 e. The van der Waals surface area contributed by atoms with E-state index in [1.54, 1.807) is 0 Å². The van der Waals surface area contributed by atoms with E-state index in [1.165, 1.54) is 19.4 Å². The van der Waals surface area contributed by atoms with E-state index in [4.69, 9.17) is 15.9 Å². The number of rotatable bonds is 12. The minimum atomic E-state index is -1.26. The summed E-state index contributed by atoms with van der Waals surface area (Å²) in [6, 6.07) is -3.65. The van der Waals surface area contributed by atoms with Gasteiger partial charge in [0.2, 0.25) is 17.7 Å². The summed E-state index contributed by atoms with van der Waals surface area (Å²) in [6.45, 7) is 0.845. The van der Waals surface area contributed by atoms with E-state index < -0.39 is 60.8 Å². The second-order valence-electron chi connectivity index (χ2n) is 6.17. The predicted octanol–water partition coefficient (Wildman–Crippen LogP) is -2.67. The Bertz CT molecular complexity index is 736. The Morgan fingerprint density at radius 1 is 1.10 bits per heavy atom. The third-order valence-corrected chi connectivity index (χ3v) is 3.83. The summed E-state index contributed by atoms with van der Waals surface area (Å²) in [5.41, 5.74) is 5.70. The number of H-pyrrole nitrogens is 1. The van der Waals surface area contributed by atoms with E-state index in [-0.39, 0.29) is 12.8 Å². The fourth-order valence-corrected chi connectivity index (χ4v) is 2.26. The van der Waals surface area contributed by atoms with Gasteiger partial charge in [0.15, 0.2) is 0 Å². The van der Waals surface area contributed by atoms with Crippen LogP contribution in [-0.2, 0) is 30.4 Å². The van der Waals surface area contributed by atoms with Crippen LogP contribution in [0.5, 0.6) is 0 Å². The van der Waals surface area contributed by atoms with Gasteiger partial charge in [-0.3, -0.25) is 24.0 Å². The minimum absolute atomic E-state index is 0.0413. The van der Waals surface area contributed by atoms with E-state index >= 15 is 0 Å². The molecule has 1 aromatic heterocycles. The van der Waals surface area contributed by atoms with Crippen LogP contribution in [0.4, 0.5) is 0 Å². The van der Waals surface area contributed by atoms with E-state index in [2.05, 4.69) is 25.9 Å². The highest BCUT2D eigenvalue weighted by molar-refractivity contribution is 5.93. The number of aromatic nitrogens is 2. The topological polar surface area (TPSA) is 217 Å². The van der Waals surface area contributed by atoms with E-state index in [9.17, 15) is 24.0 Å². The lowest BCUT2D eigenvalue weighted by Crippen LogP contribution is -2.56. The summed E-state index contributed by atoms with van der Waals surface area (Å²) >= 11 is 0. The second kappa shape index (κ2) is 11.4. The molecule has 1 heterocycles. The van der Waals surface area contributed by atoms with Gasteiger partial charge in [-0.05, 0) is 13.3 Å². The van der Waals surface area contributed by atoms with Crippen LogP contribution in [0.3, 0.4) is 0 Å². The molecule has 13 nitrogen and oxygen atoms in total. The molecule has 1 aromatic rings. The molecule has 13 heteroatoms. The van der Waals surface area contributed by atoms with E-state index in [0.717, 1.165) is 0 Å². The van der Waals surface area contributed by atoms with Crippen molar-refractivity contribution < 1.29 is 34.2 Å². The number of aromatic amines is 1. The zero-order chi connectivity index (χ0) is 22.0. The molecule has 0 aliphatic heterocycles. The Labute approximate surface area is 165 Å². The van der Waals surface area contributed by atoms with Crippen molar-refractivity contribution in [1.29, 1.82) is 0 Å². The van der Waals surface area contributed by atoms with Crippen LogP contribution < -0.4 is 21.7 Å². The summed E-state index contributed by atoms with van der Waals surface area (Å²) in [4.78, 5) is 64.9. The van der Waals surface area contributed by atoms with Gasteiger partial charge >= 0.3 is 11.9 Å². The standard InChI is InChI=1S/C16H24N6O7/c1-8(16(28)29)20-15(27)11(4-9-6-18-7-19-9)22-14(26)10(2-3-13(24)25)21-12(23)5-17/h6-8,10-11H,2-5,17H2,1H3,(H,18,19)(H,20,27)(H,21,23)(H,22,26)(H,24,25)(H,28,29)/t8-,10-,11-/m0/s1. The van der Waals surface area contributed by atoms with Crippen LogP contribution in [0.15, 0.2) is 12.5 Å². The number of carbonyl (C=O) groups is 5. The van der Waals surface area contributed by atoms with Gasteiger partial charge in [-0.1, -0.05) is 0 Å². The molecule has 1 rings (SSSR count). The van der Waals surface area contributed by atoms with Crippen LogP contribution in [0.25, 0.3) is 0 Å². The highest BCUT2D eigenvalue weighted by atomic mass is 16.4. The first-order valence-corrected chi connectivity index (χ1v) is 8.66. The van der Waals surface area contributed by atoms with Crippen molar-refractivity contribution >= 4 is 29.7 Å². The first kappa shape index (κ1) is 23.6. The van der Waals surface area contributed by atoms with Crippen LogP contribution in [0, 0.1) is 0 Å². The van der Waals surface area contributed by atoms with Crippen molar-refractivity contribution in [2.24, 2.45) is 5.73 Å². The maximum atomic E-state index is 12.6. The van der Waals surface area contributed by atoms with Crippen LogP contribution >= 0.6 is 0 Å². The highest BCUT2D eigenvalue weighted by Gasteiger charge is 2.29. The molecule has 3 amide bonds. The Hall–Kier alpha value is -3.48. The second-order valence-corrected chi connectivity index (χ2v) is 6.17. The summed E-state index contributed by atoms with van der Waals surface area (Å²) in [5.74, 6) is -4.70. The molecular formula is C16H24N6O7. The summed E-state index contributed by atoms with van der Waals surface area (Å²) in [5, 5.41) is 24.7. The molecule has 0 aromatic carbocycles. The number of carboxylic acid groups (broad SMARTS) is 2. The number of hydrogen-bond acceptors (Lipinski definition) is 7. The smallest absolute Gasteiger partial charge is 0.325 e. The summed E-state index contributed by atoms with van der Waals surface area (Å²) in [6.07, 6.45) is 2.11. The van der Waals surface area contributed by atoms with Gasteiger partial charge in [-0.25, -0.2) is 4.98 Å². The van der Waals surface area contributed by atoms with Crippen molar-refractivity contribution in [1.82, 2.24) is 25.9 Å². The number of carboxylic acids is 2. The third kappa shape index (κ3) is 8.38. The van der Waals surface area contributed by atoms with E-state index in [0.29, 0.717) is 5.69 Å². The lowest BCUT2D eigenvalue weighted by atomic mass is 10.1. The Morgan fingerprint density at radius 2 is 1.76 bits per heavy atom. The molecular weight excluding hydrogens is 388 g/mol. The molecule has 0 aliphatic carbocycles. The van der Waals surface area contributed by atoms with Crippen molar-refractivity contribution in [3.63, 3.8) is 0 Å². The fraction of sp³-hybridized carbons (Fsp3) is 0.500. The maximum absolute atomic E-state index is 12.6. The maximum Gasteiger partial charge on any atom is 0.325 e. The number of amides is 3.